The molecule has 5 heteroatoms. The Kier molecular flexibility index (Phi) is 7.00. The summed E-state index contributed by atoms with van der Waals surface area (Å²) in [5.74, 6) is -0.180. The van der Waals surface area contributed by atoms with Gasteiger partial charge in [0.05, 0.1) is 6.54 Å². The topological polar surface area (TPSA) is 61.4 Å². The van der Waals surface area contributed by atoms with Crippen LogP contribution in [0.4, 0.5) is 11.4 Å². The lowest BCUT2D eigenvalue weighted by molar-refractivity contribution is -0.116. The van der Waals surface area contributed by atoms with Gasteiger partial charge in [-0.05, 0) is 42.8 Å². The van der Waals surface area contributed by atoms with E-state index in [1.807, 2.05) is 73.7 Å². The largest absolute Gasteiger partial charge is 0.376 e. The van der Waals surface area contributed by atoms with E-state index in [1.54, 1.807) is 23.1 Å². The molecule has 3 rings (SSSR count). The molecule has 0 aromatic heterocycles. The van der Waals surface area contributed by atoms with Crippen molar-refractivity contribution in [3.05, 3.63) is 96.1 Å². The Hall–Kier alpha value is -3.60. The van der Waals surface area contributed by atoms with E-state index in [1.165, 1.54) is 0 Å². The molecule has 0 aliphatic carbocycles. The highest BCUT2D eigenvalue weighted by Gasteiger charge is 2.13. The molecule has 0 spiro atoms. The third-order valence-corrected chi connectivity index (χ3v) is 4.55. The van der Waals surface area contributed by atoms with E-state index < -0.39 is 0 Å². The molecule has 0 radical (unpaired) electrons. The fourth-order valence-corrected chi connectivity index (χ4v) is 3.03. The molecule has 3 aromatic rings. The number of benzene rings is 3. The number of likely N-dealkylation sites (N-methyl/N-ethyl adjacent to an activating group) is 1. The van der Waals surface area contributed by atoms with E-state index in [2.05, 4.69) is 10.6 Å². The third-order valence-electron chi connectivity index (χ3n) is 4.55. The lowest BCUT2D eigenvalue weighted by Gasteiger charge is -2.21. The normalized spacial score (nSPS) is 10.2. The van der Waals surface area contributed by atoms with E-state index >= 15 is 0 Å². The van der Waals surface area contributed by atoms with Gasteiger partial charge in [-0.3, -0.25) is 9.59 Å². The smallest absolute Gasteiger partial charge is 0.251 e. The molecule has 0 unspecified atom stereocenters. The van der Waals surface area contributed by atoms with Crippen LogP contribution in [0, 0.1) is 0 Å². The Morgan fingerprint density at radius 3 is 2.24 bits per heavy atom. The predicted octanol–water partition coefficient (Wildman–Crippen LogP) is 4.08. The fourth-order valence-electron chi connectivity index (χ4n) is 3.03. The highest BCUT2D eigenvalue weighted by atomic mass is 16.2. The van der Waals surface area contributed by atoms with Crippen molar-refractivity contribution in [3.8, 4) is 0 Å². The molecule has 148 valence electrons. The van der Waals surface area contributed by atoms with Crippen molar-refractivity contribution in [1.82, 2.24) is 5.32 Å². The van der Waals surface area contributed by atoms with E-state index in [0.717, 1.165) is 16.9 Å². The summed E-state index contributed by atoms with van der Waals surface area (Å²) in [4.78, 5) is 26.8. The van der Waals surface area contributed by atoms with Crippen LogP contribution in [0.1, 0.15) is 22.8 Å². The van der Waals surface area contributed by atoms with Gasteiger partial charge in [0.15, 0.2) is 0 Å². The zero-order valence-corrected chi connectivity index (χ0v) is 16.5. The van der Waals surface area contributed by atoms with Crippen LogP contribution < -0.4 is 15.5 Å². The molecular weight excluding hydrogens is 362 g/mol. The molecule has 0 atom stereocenters. The summed E-state index contributed by atoms with van der Waals surface area (Å²) in [5, 5.41) is 6.04. The predicted molar refractivity (Wildman–Crippen MR) is 117 cm³/mol. The van der Waals surface area contributed by atoms with Crippen molar-refractivity contribution in [2.24, 2.45) is 0 Å². The minimum Gasteiger partial charge on any atom is -0.376 e. The lowest BCUT2D eigenvalue weighted by Crippen LogP contribution is -2.35. The van der Waals surface area contributed by atoms with Crippen LogP contribution in [0.2, 0.25) is 0 Å². The molecule has 0 fully saturated rings. The van der Waals surface area contributed by atoms with Crippen molar-refractivity contribution in [2.45, 2.75) is 13.5 Å². The van der Waals surface area contributed by atoms with Crippen LogP contribution in [0.15, 0.2) is 84.9 Å². The number of hydrogen-bond donors (Lipinski definition) is 2. The summed E-state index contributed by atoms with van der Waals surface area (Å²) in [6.07, 6.45) is 0. The standard InChI is InChI=1S/C24H25N3O2/c1-2-27(22-14-7-4-8-15-22)23(28)18-25-21-13-9-12-20(16-21)24(29)26-17-19-10-5-3-6-11-19/h3-16,25H,2,17-18H2,1H3,(H,26,29). The number of rotatable bonds is 8. The number of carbonyl (C=O) groups is 2. The number of nitrogens with one attached hydrogen (secondary N) is 2. The molecule has 2 amide bonds. The van der Waals surface area contributed by atoms with Gasteiger partial charge in [0, 0.05) is 30.0 Å². The number of anilines is 2. The average Bonchev–Trinajstić information content (AvgIpc) is 2.78. The van der Waals surface area contributed by atoms with E-state index in [4.69, 9.17) is 0 Å². The number of hydrogen-bond acceptors (Lipinski definition) is 3. The molecule has 0 aliphatic heterocycles. The molecule has 0 bridgehead atoms. The summed E-state index contributed by atoms with van der Waals surface area (Å²) in [7, 11) is 0. The van der Waals surface area contributed by atoms with Crippen molar-refractivity contribution in [2.75, 3.05) is 23.3 Å². The zero-order valence-electron chi connectivity index (χ0n) is 16.5. The molecule has 0 saturated heterocycles. The second-order valence-corrected chi connectivity index (χ2v) is 6.58. The second kappa shape index (κ2) is 10.1. The molecule has 29 heavy (non-hydrogen) atoms. The van der Waals surface area contributed by atoms with E-state index in [9.17, 15) is 9.59 Å². The van der Waals surface area contributed by atoms with Crippen LogP contribution in [0.25, 0.3) is 0 Å². The number of nitrogens with zero attached hydrogens (tertiary/aromatic N) is 1. The van der Waals surface area contributed by atoms with Gasteiger partial charge >= 0.3 is 0 Å². The van der Waals surface area contributed by atoms with Crippen molar-refractivity contribution in [1.29, 1.82) is 0 Å². The first-order valence-electron chi connectivity index (χ1n) is 9.69. The maximum absolute atomic E-state index is 12.6. The first-order chi connectivity index (χ1) is 14.2. The molecule has 2 N–H and O–H groups in total. The van der Waals surface area contributed by atoms with Crippen LogP contribution in [0.3, 0.4) is 0 Å². The second-order valence-electron chi connectivity index (χ2n) is 6.58. The van der Waals surface area contributed by atoms with Gasteiger partial charge in [-0.1, -0.05) is 54.6 Å². The minimum atomic E-state index is -0.150. The van der Waals surface area contributed by atoms with Crippen LogP contribution >= 0.6 is 0 Å². The first kappa shape index (κ1) is 20.1. The van der Waals surface area contributed by atoms with Crippen LogP contribution in [-0.4, -0.2) is 24.9 Å². The average molecular weight is 387 g/mol. The van der Waals surface area contributed by atoms with Crippen molar-refractivity contribution in [3.63, 3.8) is 0 Å². The Labute approximate surface area is 171 Å². The van der Waals surface area contributed by atoms with Gasteiger partial charge in [0.1, 0.15) is 0 Å². The van der Waals surface area contributed by atoms with Gasteiger partial charge < -0.3 is 15.5 Å². The Morgan fingerprint density at radius 2 is 1.55 bits per heavy atom. The van der Waals surface area contributed by atoms with Crippen molar-refractivity contribution >= 4 is 23.2 Å². The summed E-state index contributed by atoms with van der Waals surface area (Å²) in [6.45, 7) is 3.16. The lowest BCUT2D eigenvalue weighted by atomic mass is 10.1. The van der Waals surface area contributed by atoms with Crippen LogP contribution in [0.5, 0.6) is 0 Å². The molecule has 0 saturated carbocycles. The van der Waals surface area contributed by atoms with Crippen molar-refractivity contribution < 1.29 is 9.59 Å². The summed E-state index contributed by atoms with van der Waals surface area (Å²) in [6, 6.07) is 26.5. The quantitative estimate of drug-likeness (QED) is 0.612. The van der Waals surface area contributed by atoms with E-state index in [0.29, 0.717) is 18.7 Å². The Balaban J connectivity index is 1.58. The van der Waals surface area contributed by atoms with Gasteiger partial charge in [-0.25, -0.2) is 0 Å². The van der Waals surface area contributed by atoms with Gasteiger partial charge in [0.25, 0.3) is 5.91 Å². The Bertz CT molecular complexity index is 943. The molecule has 0 heterocycles. The van der Waals surface area contributed by atoms with Crippen LogP contribution in [-0.2, 0) is 11.3 Å². The maximum Gasteiger partial charge on any atom is 0.251 e. The number of carbonyl (C=O) groups excluding carboxylic acids is 2. The van der Waals surface area contributed by atoms with Gasteiger partial charge in [-0.15, -0.1) is 0 Å². The fraction of sp³-hybridized carbons (Fsp3) is 0.167. The number of para-hydroxylation sites is 1. The summed E-state index contributed by atoms with van der Waals surface area (Å²) >= 11 is 0. The molecular formula is C24H25N3O2. The van der Waals surface area contributed by atoms with Gasteiger partial charge in [0.2, 0.25) is 5.91 Å². The maximum atomic E-state index is 12.6. The SMILES string of the molecule is CCN(C(=O)CNc1cccc(C(=O)NCc2ccccc2)c1)c1ccccc1. The van der Waals surface area contributed by atoms with E-state index in [-0.39, 0.29) is 18.4 Å². The molecule has 3 aromatic carbocycles. The molecule has 0 aliphatic rings. The highest BCUT2D eigenvalue weighted by molar-refractivity contribution is 5.97. The third kappa shape index (κ3) is 5.69. The first-order valence-corrected chi connectivity index (χ1v) is 9.69. The van der Waals surface area contributed by atoms with Gasteiger partial charge in [-0.2, -0.15) is 0 Å². The summed E-state index contributed by atoms with van der Waals surface area (Å²) in [5.41, 5.74) is 3.20. The highest BCUT2D eigenvalue weighted by Crippen LogP contribution is 2.14. The zero-order chi connectivity index (χ0) is 20.5. The monoisotopic (exact) mass is 387 g/mol. The Morgan fingerprint density at radius 1 is 0.862 bits per heavy atom. The minimum absolute atomic E-state index is 0.0300. The number of amides is 2. The molecule has 5 nitrogen and oxygen atoms in total. The summed E-state index contributed by atoms with van der Waals surface area (Å²) < 4.78 is 0.